The highest BCUT2D eigenvalue weighted by Crippen LogP contribution is 2.37. The Bertz CT molecular complexity index is 1390. The van der Waals surface area contributed by atoms with Gasteiger partial charge in [0.05, 0.1) is 16.9 Å². The minimum atomic E-state index is -0.516. The number of rotatable bonds is 4. The topological polar surface area (TPSA) is 124 Å². The number of benzene rings is 2. The van der Waals surface area contributed by atoms with Crippen LogP contribution in [0.15, 0.2) is 73.1 Å². The molecule has 0 bridgehead atoms. The number of carbonyl (C=O) groups excluding carboxylic acids is 4. The maximum Gasteiger partial charge on any atom is 0.272 e. The fourth-order valence-corrected chi connectivity index (χ4v) is 3.73. The second kappa shape index (κ2) is 7.51. The molecule has 1 aliphatic rings. The molecule has 0 saturated heterocycles. The van der Waals surface area contributed by atoms with Gasteiger partial charge in [-0.25, -0.2) is 0 Å². The van der Waals surface area contributed by atoms with Crippen LogP contribution in [0.5, 0.6) is 0 Å². The largest absolute Gasteiger partial charge is 0.357 e. The van der Waals surface area contributed by atoms with Gasteiger partial charge < -0.3 is 20.6 Å². The van der Waals surface area contributed by atoms with E-state index in [4.69, 9.17) is 0 Å². The lowest BCUT2D eigenvalue weighted by Crippen LogP contribution is -2.25. The highest BCUT2D eigenvalue weighted by atomic mass is 16.2. The first-order chi connectivity index (χ1) is 15.5. The standard InChI is InChI=1S/C24H16N4O4/c29-21-13-5-1-2-6-14(13)22(30)19-15(21)9-10-16(27-23(31)17-7-3-11-25-17)20(19)28-24(32)18-8-4-12-26-18/h1-12,25-26H,(H,27,31)(H,28,32). The number of carbonyl (C=O) groups is 4. The average molecular weight is 424 g/mol. The molecular formula is C24H16N4O4. The van der Waals surface area contributed by atoms with Crippen molar-refractivity contribution >= 4 is 34.8 Å². The Morgan fingerprint density at radius 3 is 1.81 bits per heavy atom. The first-order valence-electron chi connectivity index (χ1n) is 9.79. The minimum absolute atomic E-state index is 0.0397. The molecule has 2 amide bonds. The van der Waals surface area contributed by atoms with E-state index in [0.717, 1.165) is 0 Å². The van der Waals surface area contributed by atoms with Crippen LogP contribution in [0.25, 0.3) is 0 Å². The van der Waals surface area contributed by atoms with Crippen molar-refractivity contribution in [3.8, 4) is 0 Å². The molecule has 0 saturated carbocycles. The van der Waals surface area contributed by atoms with E-state index in [9.17, 15) is 19.2 Å². The number of fused-ring (bicyclic) bond motifs is 2. The Labute approximate surface area is 181 Å². The van der Waals surface area contributed by atoms with Crippen molar-refractivity contribution in [1.82, 2.24) is 9.97 Å². The Kier molecular flexibility index (Phi) is 4.52. The van der Waals surface area contributed by atoms with Crippen molar-refractivity contribution in [1.29, 1.82) is 0 Å². The van der Waals surface area contributed by atoms with E-state index in [1.165, 1.54) is 12.1 Å². The van der Waals surface area contributed by atoms with Gasteiger partial charge in [-0.15, -0.1) is 0 Å². The summed E-state index contributed by atoms with van der Waals surface area (Å²) in [6.07, 6.45) is 3.20. The van der Waals surface area contributed by atoms with Gasteiger partial charge in [0.15, 0.2) is 11.6 Å². The lowest BCUT2D eigenvalue weighted by atomic mass is 9.82. The smallest absolute Gasteiger partial charge is 0.272 e. The molecule has 1 aliphatic carbocycles. The summed E-state index contributed by atoms with van der Waals surface area (Å²) in [5.41, 5.74) is 1.57. The molecule has 0 radical (unpaired) electrons. The van der Waals surface area contributed by atoms with E-state index in [-0.39, 0.29) is 39.5 Å². The second-order valence-corrected chi connectivity index (χ2v) is 7.19. The van der Waals surface area contributed by atoms with Gasteiger partial charge in [-0.05, 0) is 36.4 Å². The third-order valence-electron chi connectivity index (χ3n) is 5.27. The van der Waals surface area contributed by atoms with Crippen LogP contribution < -0.4 is 10.6 Å². The van der Waals surface area contributed by atoms with Crippen molar-refractivity contribution < 1.29 is 19.2 Å². The molecule has 0 unspecified atom stereocenters. The fraction of sp³-hybridized carbons (Fsp3) is 0. The van der Waals surface area contributed by atoms with Crippen LogP contribution in [0, 0.1) is 0 Å². The molecule has 4 N–H and O–H groups in total. The van der Waals surface area contributed by atoms with Gasteiger partial charge in [0.25, 0.3) is 11.8 Å². The third-order valence-corrected chi connectivity index (χ3v) is 5.27. The van der Waals surface area contributed by atoms with Gasteiger partial charge in [-0.3, -0.25) is 19.2 Å². The number of aromatic nitrogens is 2. The maximum absolute atomic E-state index is 13.4. The van der Waals surface area contributed by atoms with E-state index < -0.39 is 17.6 Å². The van der Waals surface area contributed by atoms with Gasteiger partial charge in [-0.1, -0.05) is 24.3 Å². The Morgan fingerprint density at radius 2 is 1.22 bits per heavy atom. The number of nitrogens with one attached hydrogen (secondary N) is 4. The SMILES string of the molecule is O=C(Nc1ccc2c(c1NC(=O)c1ccc[nH]1)C(=O)c1ccccc1C2=O)c1ccc[nH]1. The molecular weight excluding hydrogens is 408 g/mol. The molecule has 0 aliphatic heterocycles. The fourth-order valence-electron chi connectivity index (χ4n) is 3.73. The molecule has 4 aromatic rings. The summed E-state index contributed by atoms with van der Waals surface area (Å²) in [5, 5.41) is 5.42. The van der Waals surface area contributed by atoms with Gasteiger partial charge in [0.1, 0.15) is 11.4 Å². The van der Waals surface area contributed by atoms with Gasteiger partial charge in [-0.2, -0.15) is 0 Å². The van der Waals surface area contributed by atoms with E-state index in [0.29, 0.717) is 11.3 Å². The van der Waals surface area contributed by atoms with Crippen LogP contribution in [-0.2, 0) is 0 Å². The Morgan fingerprint density at radius 1 is 0.625 bits per heavy atom. The van der Waals surface area contributed by atoms with Crippen LogP contribution >= 0.6 is 0 Å². The normalized spacial score (nSPS) is 12.1. The van der Waals surface area contributed by atoms with Crippen molar-refractivity contribution in [3.63, 3.8) is 0 Å². The number of hydrogen-bond acceptors (Lipinski definition) is 4. The van der Waals surface area contributed by atoms with Crippen LogP contribution in [0.2, 0.25) is 0 Å². The quantitative estimate of drug-likeness (QED) is 0.352. The summed E-state index contributed by atoms with van der Waals surface area (Å²) >= 11 is 0. The average Bonchev–Trinajstić information content (AvgIpc) is 3.53. The highest BCUT2D eigenvalue weighted by molar-refractivity contribution is 6.32. The molecule has 8 nitrogen and oxygen atoms in total. The predicted octanol–water partition coefficient (Wildman–Crippen LogP) is 3.62. The summed E-state index contributed by atoms with van der Waals surface area (Å²) in [6.45, 7) is 0. The van der Waals surface area contributed by atoms with Crippen molar-refractivity contribution in [2.75, 3.05) is 10.6 Å². The molecule has 0 spiro atoms. The first-order valence-corrected chi connectivity index (χ1v) is 9.79. The Balaban J connectivity index is 1.64. The number of H-pyrrole nitrogens is 2. The lowest BCUT2D eigenvalue weighted by molar-refractivity contribution is 0.0978. The van der Waals surface area contributed by atoms with Crippen molar-refractivity contribution in [2.45, 2.75) is 0 Å². The number of ketones is 2. The Hall–Kier alpha value is -4.72. The third kappa shape index (κ3) is 3.10. The number of anilines is 2. The summed E-state index contributed by atoms with van der Waals surface area (Å²) in [4.78, 5) is 57.5. The summed E-state index contributed by atoms with van der Waals surface area (Å²) in [6, 6.07) is 16.0. The van der Waals surface area contributed by atoms with Gasteiger partial charge in [0, 0.05) is 29.1 Å². The zero-order chi connectivity index (χ0) is 22.2. The molecule has 5 rings (SSSR count). The van der Waals surface area contributed by atoms with Crippen LogP contribution in [0.3, 0.4) is 0 Å². The molecule has 0 fully saturated rings. The highest BCUT2D eigenvalue weighted by Gasteiger charge is 2.33. The van der Waals surface area contributed by atoms with Crippen LogP contribution in [0.4, 0.5) is 11.4 Å². The molecule has 0 atom stereocenters. The predicted molar refractivity (Wildman–Crippen MR) is 117 cm³/mol. The number of aromatic amines is 2. The zero-order valence-electron chi connectivity index (χ0n) is 16.6. The first kappa shape index (κ1) is 19.3. The van der Waals surface area contributed by atoms with E-state index in [1.54, 1.807) is 60.9 Å². The maximum atomic E-state index is 13.4. The van der Waals surface area contributed by atoms with Crippen LogP contribution in [-0.4, -0.2) is 33.3 Å². The second-order valence-electron chi connectivity index (χ2n) is 7.19. The van der Waals surface area contributed by atoms with Gasteiger partial charge >= 0.3 is 0 Å². The number of hydrogen-bond donors (Lipinski definition) is 4. The van der Waals surface area contributed by atoms with E-state index in [1.807, 2.05) is 0 Å². The molecule has 8 heteroatoms. The van der Waals surface area contributed by atoms with Crippen molar-refractivity contribution in [2.24, 2.45) is 0 Å². The van der Waals surface area contributed by atoms with Crippen LogP contribution in [0.1, 0.15) is 52.8 Å². The summed E-state index contributed by atoms with van der Waals surface area (Å²) < 4.78 is 0. The minimum Gasteiger partial charge on any atom is -0.357 e. The molecule has 156 valence electrons. The number of amides is 2. The van der Waals surface area contributed by atoms with E-state index in [2.05, 4.69) is 20.6 Å². The summed E-state index contributed by atoms with van der Waals surface area (Å²) in [5.74, 6) is -1.71. The van der Waals surface area contributed by atoms with E-state index >= 15 is 0 Å². The molecule has 2 heterocycles. The summed E-state index contributed by atoms with van der Waals surface area (Å²) in [7, 11) is 0. The van der Waals surface area contributed by atoms with Gasteiger partial charge in [0.2, 0.25) is 0 Å². The lowest BCUT2D eigenvalue weighted by Gasteiger charge is -2.22. The molecule has 2 aromatic heterocycles. The molecule has 32 heavy (non-hydrogen) atoms. The zero-order valence-corrected chi connectivity index (χ0v) is 16.6. The molecule has 2 aromatic carbocycles. The monoisotopic (exact) mass is 424 g/mol. The van der Waals surface area contributed by atoms with Crippen molar-refractivity contribution in [3.05, 3.63) is 107 Å².